The summed E-state index contributed by atoms with van der Waals surface area (Å²) in [7, 11) is 0. The molecule has 0 saturated carbocycles. The zero-order chi connectivity index (χ0) is 37.1. The first-order chi connectivity index (χ1) is 24.2. The molecule has 0 fully saturated rings. The van der Waals surface area contributed by atoms with Crippen LogP contribution >= 0.6 is 0 Å². The number of Topliss-reactive ketones (excluding diaryl/α,β-unsaturated/α-hetero) is 1. The second-order valence-electron chi connectivity index (χ2n) is 12.8. The van der Waals surface area contributed by atoms with Crippen molar-refractivity contribution >= 4 is 29.5 Å². The summed E-state index contributed by atoms with van der Waals surface area (Å²) in [5.74, 6) is -1.51. The van der Waals surface area contributed by atoms with Crippen LogP contribution in [0.15, 0.2) is 0 Å². The molecule has 0 radical (unpaired) electrons. The van der Waals surface area contributed by atoms with E-state index in [1.807, 2.05) is 13.8 Å². The first kappa shape index (κ1) is 47.4. The Balaban J connectivity index is 3.59. The highest BCUT2D eigenvalue weighted by Crippen LogP contribution is 2.14. The minimum atomic E-state index is -0.791. The number of ketones is 1. The molecular weight excluding hydrogens is 648 g/mol. The van der Waals surface area contributed by atoms with Crippen LogP contribution in [0.4, 0.5) is 0 Å². The van der Waals surface area contributed by atoms with E-state index in [1.165, 1.54) is 51.4 Å². The smallest absolute Gasteiger partial charge is 0.303 e. The van der Waals surface area contributed by atoms with Gasteiger partial charge in [-0.1, -0.05) is 90.9 Å². The molecule has 0 aromatic rings. The predicted octanol–water partition coefficient (Wildman–Crippen LogP) is 3.28. The molecule has 0 rings (SSSR count). The van der Waals surface area contributed by atoms with Gasteiger partial charge in [0.15, 0.2) is 5.78 Å². The number of ether oxygens (including phenoxy) is 4. The van der Waals surface area contributed by atoms with Gasteiger partial charge in [0.25, 0.3) is 0 Å². The molecule has 0 aliphatic rings. The Kier molecular flexibility index (Phi) is 32.9. The van der Waals surface area contributed by atoms with Crippen molar-refractivity contribution in [3.63, 3.8) is 0 Å². The largest absolute Gasteiger partial charge is 0.481 e. The van der Waals surface area contributed by atoms with Gasteiger partial charge in [0.1, 0.15) is 19.3 Å². The van der Waals surface area contributed by atoms with E-state index in [1.54, 1.807) is 0 Å². The predicted molar refractivity (Wildman–Crippen MR) is 192 cm³/mol. The molecule has 0 aliphatic carbocycles. The fourth-order valence-electron chi connectivity index (χ4n) is 4.81. The highest BCUT2D eigenvalue weighted by molar-refractivity contribution is 5.87. The van der Waals surface area contributed by atoms with Crippen LogP contribution in [0.25, 0.3) is 0 Å². The van der Waals surface area contributed by atoms with Crippen LogP contribution < -0.4 is 21.7 Å². The van der Waals surface area contributed by atoms with Gasteiger partial charge in [0.05, 0.1) is 39.6 Å². The molecule has 3 amide bonds. The van der Waals surface area contributed by atoms with Crippen LogP contribution in [0, 0.1) is 5.92 Å². The summed E-state index contributed by atoms with van der Waals surface area (Å²) in [5.41, 5.74) is 5.71. The minimum Gasteiger partial charge on any atom is -0.481 e. The number of amides is 3. The van der Waals surface area contributed by atoms with Gasteiger partial charge in [-0.25, -0.2) is 0 Å². The summed E-state index contributed by atoms with van der Waals surface area (Å²) >= 11 is 0. The number of aliphatic carboxylic acids is 1. The quantitative estimate of drug-likeness (QED) is 0.0590. The summed E-state index contributed by atoms with van der Waals surface area (Å²) in [4.78, 5) is 58.4. The Hall–Kier alpha value is -2.65. The fourth-order valence-corrected chi connectivity index (χ4v) is 4.81. The number of rotatable bonds is 37. The van der Waals surface area contributed by atoms with E-state index < -0.39 is 12.0 Å². The molecule has 0 aromatic carbocycles. The van der Waals surface area contributed by atoms with Crippen molar-refractivity contribution in [2.24, 2.45) is 11.7 Å². The van der Waals surface area contributed by atoms with Crippen molar-refractivity contribution in [2.45, 2.75) is 123 Å². The molecule has 0 spiro atoms. The maximum atomic E-state index is 12.4. The van der Waals surface area contributed by atoms with Crippen LogP contribution in [0.1, 0.15) is 117 Å². The van der Waals surface area contributed by atoms with Crippen molar-refractivity contribution < 1.29 is 48.0 Å². The molecule has 0 heterocycles. The number of carbonyl (C=O) groups excluding carboxylic acids is 4. The highest BCUT2D eigenvalue weighted by Gasteiger charge is 2.18. The molecule has 0 aliphatic heterocycles. The molecule has 50 heavy (non-hydrogen) atoms. The number of hydrogen-bond acceptors (Lipinski definition) is 10. The van der Waals surface area contributed by atoms with Crippen molar-refractivity contribution in [1.29, 1.82) is 0 Å². The number of nitrogens with one attached hydrogen (secondary N) is 3. The average molecular weight is 717 g/mol. The normalized spacial score (nSPS) is 11.8. The number of unbranched alkanes of at least 4 members (excludes halogenated alkanes) is 13. The topological polar surface area (TPSA) is 205 Å². The molecule has 1 atom stereocenters. The monoisotopic (exact) mass is 716 g/mol. The maximum Gasteiger partial charge on any atom is 0.303 e. The Morgan fingerprint density at radius 3 is 1.48 bits per heavy atom. The Bertz CT molecular complexity index is 891. The average Bonchev–Trinajstić information content (AvgIpc) is 3.08. The second kappa shape index (κ2) is 34.8. The van der Waals surface area contributed by atoms with Crippen LogP contribution in [0.2, 0.25) is 0 Å². The van der Waals surface area contributed by atoms with E-state index in [9.17, 15) is 24.0 Å². The van der Waals surface area contributed by atoms with E-state index in [4.69, 9.17) is 29.8 Å². The first-order valence-electron chi connectivity index (χ1n) is 18.8. The Morgan fingerprint density at radius 2 is 1.00 bits per heavy atom. The summed E-state index contributed by atoms with van der Waals surface area (Å²) in [6.45, 7) is 5.89. The van der Waals surface area contributed by atoms with Crippen molar-refractivity contribution in [1.82, 2.24) is 16.0 Å². The summed E-state index contributed by atoms with van der Waals surface area (Å²) < 4.78 is 21.3. The molecule has 0 bridgehead atoms. The SMILES string of the molecule is CC(C)C(=O)COCCOCCNC(=O)COCCOCCNC(=O)C(CN)NC(=O)CCCCCCCCCCCCCCCCC(=O)O. The van der Waals surface area contributed by atoms with Gasteiger partial charge in [-0.15, -0.1) is 0 Å². The van der Waals surface area contributed by atoms with E-state index in [0.717, 1.165) is 38.5 Å². The van der Waals surface area contributed by atoms with Crippen molar-refractivity contribution in [3.05, 3.63) is 0 Å². The number of carboxylic acids is 1. The number of hydrogen-bond donors (Lipinski definition) is 5. The van der Waals surface area contributed by atoms with Crippen molar-refractivity contribution in [3.8, 4) is 0 Å². The maximum absolute atomic E-state index is 12.4. The fraction of sp³-hybridized carbons (Fsp3) is 0.861. The lowest BCUT2D eigenvalue weighted by molar-refractivity contribution is -0.137. The van der Waals surface area contributed by atoms with Gasteiger partial charge in [-0.3, -0.25) is 24.0 Å². The summed E-state index contributed by atoms with van der Waals surface area (Å²) in [5, 5.41) is 16.7. The third kappa shape index (κ3) is 32.5. The summed E-state index contributed by atoms with van der Waals surface area (Å²) in [6.07, 6.45) is 16.3. The zero-order valence-corrected chi connectivity index (χ0v) is 30.9. The van der Waals surface area contributed by atoms with Gasteiger partial charge in [-0.2, -0.15) is 0 Å². The third-order valence-corrected chi connectivity index (χ3v) is 7.91. The Morgan fingerprint density at radius 1 is 0.560 bits per heavy atom. The first-order valence-corrected chi connectivity index (χ1v) is 18.8. The van der Waals surface area contributed by atoms with Gasteiger partial charge >= 0.3 is 5.97 Å². The second-order valence-corrected chi connectivity index (χ2v) is 12.8. The van der Waals surface area contributed by atoms with Gasteiger partial charge in [0, 0.05) is 38.4 Å². The van der Waals surface area contributed by atoms with E-state index in [0.29, 0.717) is 32.8 Å². The van der Waals surface area contributed by atoms with Crippen LogP contribution in [0.3, 0.4) is 0 Å². The third-order valence-electron chi connectivity index (χ3n) is 7.91. The van der Waals surface area contributed by atoms with Crippen LogP contribution in [-0.2, 0) is 42.9 Å². The number of carbonyl (C=O) groups is 5. The molecule has 292 valence electrons. The molecule has 0 aromatic heterocycles. The van der Waals surface area contributed by atoms with E-state index >= 15 is 0 Å². The van der Waals surface area contributed by atoms with Gasteiger partial charge in [-0.05, 0) is 12.8 Å². The summed E-state index contributed by atoms with van der Waals surface area (Å²) in [6, 6.07) is -0.791. The van der Waals surface area contributed by atoms with Crippen molar-refractivity contribution in [2.75, 3.05) is 72.5 Å². The van der Waals surface area contributed by atoms with E-state index in [-0.39, 0.29) is 82.0 Å². The molecule has 14 nitrogen and oxygen atoms in total. The minimum absolute atomic E-state index is 0.00226. The van der Waals surface area contributed by atoms with Crippen LogP contribution in [-0.4, -0.2) is 113 Å². The molecule has 1 unspecified atom stereocenters. The van der Waals surface area contributed by atoms with Crippen LogP contribution in [0.5, 0.6) is 0 Å². The molecule has 6 N–H and O–H groups in total. The zero-order valence-electron chi connectivity index (χ0n) is 30.9. The standard InChI is InChI=1S/C36H68N4O10/c1-30(2)32(41)28-49-25-23-47-21-19-38-34(43)29-50-26-24-48-22-20-39-36(46)31(27-37)40-33(42)17-15-13-11-9-7-5-3-4-6-8-10-12-14-16-18-35(44)45/h30-31H,3-29,37H2,1-2H3,(H,38,43)(H,39,46)(H,40,42)(H,44,45). The molecule has 14 heteroatoms. The highest BCUT2D eigenvalue weighted by atomic mass is 16.5. The Labute approximate surface area is 300 Å². The lowest BCUT2D eigenvalue weighted by atomic mass is 10.0. The number of carboxylic acid groups (broad SMARTS) is 1. The van der Waals surface area contributed by atoms with E-state index in [2.05, 4.69) is 16.0 Å². The molecular formula is C36H68N4O10. The lowest BCUT2D eigenvalue weighted by Crippen LogP contribution is -2.51. The van der Waals surface area contributed by atoms with Gasteiger partial charge in [0.2, 0.25) is 17.7 Å². The molecule has 0 saturated heterocycles. The lowest BCUT2D eigenvalue weighted by Gasteiger charge is -2.16. The van der Waals surface area contributed by atoms with Gasteiger partial charge < -0.3 is 45.7 Å². The number of nitrogens with two attached hydrogens (primary N) is 1.